The fourth-order valence-corrected chi connectivity index (χ4v) is 2.41. The van der Waals surface area contributed by atoms with Crippen LogP contribution in [0.15, 0.2) is 0 Å². The van der Waals surface area contributed by atoms with Crippen molar-refractivity contribution in [2.45, 2.75) is 77.5 Å². The molecular formula is C16H42Cl4N4. The van der Waals surface area contributed by atoms with Crippen molar-refractivity contribution in [2.75, 3.05) is 27.2 Å². The van der Waals surface area contributed by atoms with Gasteiger partial charge in [0, 0.05) is 0 Å². The van der Waals surface area contributed by atoms with Gasteiger partial charge in [0.15, 0.2) is 0 Å². The van der Waals surface area contributed by atoms with Gasteiger partial charge in [-0.15, -0.1) is 49.6 Å². The molecule has 2 atom stereocenters. The fourth-order valence-electron chi connectivity index (χ4n) is 2.41. The zero-order valence-electron chi connectivity index (χ0n) is 15.9. The van der Waals surface area contributed by atoms with E-state index in [-0.39, 0.29) is 49.6 Å². The lowest BCUT2D eigenvalue weighted by molar-refractivity contribution is 0.425. The third-order valence-corrected chi connectivity index (χ3v) is 3.90. The Morgan fingerprint density at radius 1 is 0.542 bits per heavy atom. The summed E-state index contributed by atoms with van der Waals surface area (Å²) in [6.45, 7) is 6.70. The monoisotopic (exact) mass is 430 g/mol. The van der Waals surface area contributed by atoms with Crippen molar-refractivity contribution in [1.29, 1.82) is 0 Å². The molecule has 0 aliphatic heterocycles. The van der Waals surface area contributed by atoms with E-state index in [9.17, 15) is 0 Å². The van der Waals surface area contributed by atoms with Gasteiger partial charge in [-0.1, -0.05) is 39.5 Å². The van der Waals surface area contributed by atoms with Gasteiger partial charge in [-0.2, -0.15) is 0 Å². The van der Waals surface area contributed by atoms with Crippen LogP contribution in [0, 0.1) is 0 Å². The first-order valence-electron chi connectivity index (χ1n) is 8.59. The van der Waals surface area contributed by atoms with E-state index in [0.717, 1.165) is 25.9 Å². The fraction of sp³-hybridized carbons (Fsp3) is 1.00. The summed E-state index contributed by atoms with van der Waals surface area (Å²) in [5.74, 6) is 0. The summed E-state index contributed by atoms with van der Waals surface area (Å²) in [4.78, 5) is 0. The average Bonchev–Trinajstić information content (AvgIpc) is 2.49. The molecular weight excluding hydrogens is 390 g/mol. The van der Waals surface area contributed by atoms with Gasteiger partial charge in [0.2, 0.25) is 0 Å². The Hall–Kier alpha value is 1.00. The minimum absolute atomic E-state index is 0. The molecule has 0 spiro atoms. The van der Waals surface area contributed by atoms with E-state index < -0.39 is 0 Å². The molecule has 0 aliphatic rings. The highest BCUT2D eigenvalue weighted by atomic mass is 35.5. The van der Waals surface area contributed by atoms with Crippen LogP contribution in [0.4, 0.5) is 0 Å². The summed E-state index contributed by atoms with van der Waals surface area (Å²) >= 11 is 0. The van der Waals surface area contributed by atoms with E-state index in [4.69, 9.17) is 0 Å². The first kappa shape index (κ1) is 36.0. The average molecular weight is 432 g/mol. The number of hydrogen-bond donors (Lipinski definition) is 4. The number of nitrogens with one attached hydrogen (secondary N) is 4. The van der Waals surface area contributed by atoms with Gasteiger partial charge in [0.05, 0.1) is 12.3 Å². The van der Waals surface area contributed by atoms with Crippen molar-refractivity contribution in [3.05, 3.63) is 0 Å². The lowest BCUT2D eigenvalue weighted by Gasteiger charge is -2.16. The summed E-state index contributed by atoms with van der Waals surface area (Å²) in [6, 6.07) is 0. The molecule has 0 saturated heterocycles. The maximum Gasteiger partial charge on any atom is 0.0566 e. The Morgan fingerprint density at radius 3 is 1.08 bits per heavy atom. The summed E-state index contributed by atoms with van der Waals surface area (Å²) in [7, 11) is 4.04. The zero-order valence-corrected chi connectivity index (χ0v) is 19.1. The molecule has 0 fully saturated rings. The summed E-state index contributed by atoms with van der Waals surface area (Å²) in [5, 5.41) is 13.6. The molecule has 8 heteroatoms. The van der Waals surface area contributed by atoms with Crippen LogP contribution in [-0.4, -0.2) is 39.5 Å². The highest BCUT2D eigenvalue weighted by Gasteiger charge is 2.01. The number of halogens is 4. The predicted octanol–water partition coefficient (Wildman–Crippen LogP) is 4.10. The van der Waals surface area contributed by atoms with Gasteiger partial charge in [-0.25, -0.2) is 0 Å². The van der Waals surface area contributed by atoms with Crippen LogP contribution in [0.2, 0.25) is 0 Å². The Balaban J connectivity index is -0.000000301. The molecule has 0 saturated carbocycles. The van der Waals surface area contributed by atoms with Crippen molar-refractivity contribution >= 4 is 49.6 Å². The van der Waals surface area contributed by atoms with Crippen LogP contribution < -0.4 is 21.3 Å². The number of hydrogen-bond acceptors (Lipinski definition) is 4. The zero-order chi connectivity index (χ0) is 15.1. The molecule has 4 N–H and O–H groups in total. The third-order valence-electron chi connectivity index (χ3n) is 3.90. The highest BCUT2D eigenvalue weighted by molar-refractivity contribution is 5.86. The molecule has 0 heterocycles. The maximum atomic E-state index is 3.53. The predicted molar refractivity (Wildman–Crippen MR) is 119 cm³/mol. The molecule has 24 heavy (non-hydrogen) atoms. The van der Waals surface area contributed by atoms with Crippen LogP contribution >= 0.6 is 49.6 Å². The quantitative estimate of drug-likeness (QED) is 0.233. The molecule has 0 radical (unpaired) electrons. The standard InChI is InChI=1S/C16H38N4.4ClH/c1-5-15(17-3)19-13-11-9-7-8-10-12-14-20-16(6-2)18-4;;;;/h15-20H,5-14H2,1-4H3;4*1H. The van der Waals surface area contributed by atoms with Gasteiger partial charge in [0.1, 0.15) is 0 Å². The summed E-state index contributed by atoms with van der Waals surface area (Å²) in [5.41, 5.74) is 0. The molecule has 0 aromatic carbocycles. The second-order valence-corrected chi connectivity index (χ2v) is 5.53. The third kappa shape index (κ3) is 23.0. The van der Waals surface area contributed by atoms with E-state index in [1.807, 2.05) is 14.1 Å². The van der Waals surface area contributed by atoms with E-state index >= 15 is 0 Å². The molecule has 0 bridgehead atoms. The van der Waals surface area contributed by atoms with Crippen molar-refractivity contribution < 1.29 is 0 Å². The van der Waals surface area contributed by atoms with E-state index in [1.165, 1.54) is 38.5 Å². The van der Waals surface area contributed by atoms with E-state index in [0.29, 0.717) is 12.3 Å². The highest BCUT2D eigenvalue weighted by Crippen LogP contribution is 2.04. The second kappa shape index (κ2) is 28.8. The summed E-state index contributed by atoms with van der Waals surface area (Å²) in [6.07, 6.45) is 11.3. The van der Waals surface area contributed by atoms with Crippen LogP contribution in [0.1, 0.15) is 65.2 Å². The summed E-state index contributed by atoms with van der Waals surface area (Å²) < 4.78 is 0. The van der Waals surface area contributed by atoms with Gasteiger partial charge in [0.25, 0.3) is 0 Å². The van der Waals surface area contributed by atoms with Gasteiger partial charge >= 0.3 is 0 Å². The van der Waals surface area contributed by atoms with Crippen LogP contribution in [0.3, 0.4) is 0 Å². The molecule has 0 rings (SSSR count). The molecule has 0 aromatic heterocycles. The Bertz CT molecular complexity index is 175. The van der Waals surface area contributed by atoms with Crippen molar-refractivity contribution in [1.82, 2.24) is 21.3 Å². The first-order valence-corrected chi connectivity index (χ1v) is 8.59. The van der Waals surface area contributed by atoms with E-state index in [2.05, 4.69) is 35.1 Å². The smallest absolute Gasteiger partial charge is 0.0566 e. The maximum absolute atomic E-state index is 3.53. The molecule has 0 aromatic rings. The van der Waals surface area contributed by atoms with Crippen LogP contribution in [0.5, 0.6) is 0 Å². The molecule has 154 valence electrons. The Morgan fingerprint density at radius 2 is 0.833 bits per heavy atom. The molecule has 4 nitrogen and oxygen atoms in total. The minimum Gasteiger partial charge on any atom is -0.305 e. The number of unbranched alkanes of at least 4 members (excludes halogenated alkanes) is 5. The van der Waals surface area contributed by atoms with Gasteiger partial charge in [-0.3, -0.25) is 0 Å². The van der Waals surface area contributed by atoms with Crippen molar-refractivity contribution in [2.24, 2.45) is 0 Å². The first-order chi connectivity index (χ1) is 9.78. The van der Waals surface area contributed by atoms with Crippen LogP contribution in [-0.2, 0) is 0 Å². The second-order valence-electron chi connectivity index (χ2n) is 5.53. The minimum atomic E-state index is 0. The van der Waals surface area contributed by atoms with Crippen LogP contribution in [0.25, 0.3) is 0 Å². The Labute approximate surface area is 175 Å². The van der Waals surface area contributed by atoms with Crippen molar-refractivity contribution in [3.63, 3.8) is 0 Å². The Kier molecular flexibility index (Phi) is 43.2. The molecule has 0 amide bonds. The van der Waals surface area contributed by atoms with Gasteiger partial charge < -0.3 is 21.3 Å². The van der Waals surface area contributed by atoms with E-state index in [1.54, 1.807) is 0 Å². The van der Waals surface area contributed by atoms with Gasteiger partial charge in [-0.05, 0) is 52.9 Å². The van der Waals surface area contributed by atoms with Crippen molar-refractivity contribution in [3.8, 4) is 0 Å². The topological polar surface area (TPSA) is 48.1 Å². The SMILES string of the molecule is CCC(NC)NCCCCCCCCNC(CC)NC.Cl.Cl.Cl.Cl. The largest absolute Gasteiger partial charge is 0.305 e. The molecule has 0 aliphatic carbocycles. The lowest BCUT2D eigenvalue weighted by Crippen LogP contribution is -2.39. The lowest BCUT2D eigenvalue weighted by atomic mass is 10.1. The number of rotatable bonds is 15. The normalized spacial score (nSPS) is 12.0. The molecule has 2 unspecified atom stereocenters.